The molecule has 1 aliphatic heterocycles. The van der Waals surface area contributed by atoms with Crippen LogP contribution in [0, 0.1) is 0 Å². The third-order valence-electron chi connectivity index (χ3n) is 5.40. The van der Waals surface area contributed by atoms with Crippen LogP contribution in [0.5, 0.6) is 0 Å². The van der Waals surface area contributed by atoms with Crippen LogP contribution in [0.15, 0.2) is 30.3 Å². The number of hydrogen-bond acceptors (Lipinski definition) is 3. The fourth-order valence-corrected chi connectivity index (χ4v) is 3.78. The van der Waals surface area contributed by atoms with Crippen LogP contribution in [-0.4, -0.2) is 33.0 Å². The summed E-state index contributed by atoms with van der Waals surface area (Å²) in [7, 11) is -1.67. The van der Waals surface area contributed by atoms with Crippen molar-refractivity contribution in [3.05, 3.63) is 35.9 Å². The second-order valence-electron chi connectivity index (χ2n) is 8.48. The van der Waals surface area contributed by atoms with E-state index in [9.17, 15) is 4.79 Å². The van der Waals surface area contributed by atoms with Gasteiger partial charge >= 0.3 is 0 Å². The molecule has 140 valence electrons. The third-order valence-corrected chi connectivity index (χ3v) is 9.94. The van der Waals surface area contributed by atoms with Gasteiger partial charge in [0.05, 0.1) is 6.61 Å². The molecule has 0 aromatic heterocycles. The van der Waals surface area contributed by atoms with E-state index in [1.165, 1.54) is 0 Å². The van der Waals surface area contributed by atoms with Crippen LogP contribution >= 0.6 is 0 Å². The molecule has 0 radical (unpaired) electrons. The first-order valence-corrected chi connectivity index (χ1v) is 12.2. The molecule has 5 heteroatoms. The van der Waals surface area contributed by atoms with Gasteiger partial charge in [-0.15, -0.1) is 0 Å². The standard InChI is InChI=1S/C20H33NO3Si/c1-20(2,3)25(4,5)24-13-9-12-17-14-18(19(22)21-17)23-15-16-10-7-6-8-11-16/h6-8,10-11,17-18H,9,12-15H2,1-5H3,(H,21,22). The maximum absolute atomic E-state index is 12.1. The van der Waals surface area contributed by atoms with Crippen molar-refractivity contribution in [2.24, 2.45) is 0 Å². The maximum Gasteiger partial charge on any atom is 0.249 e. The molecule has 4 nitrogen and oxygen atoms in total. The number of amides is 1. The smallest absolute Gasteiger partial charge is 0.249 e. The summed E-state index contributed by atoms with van der Waals surface area (Å²) < 4.78 is 12.0. The highest BCUT2D eigenvalue weighted by Crippen LogP contribution is 2.36. The second-order valence-corrected chi connectivity index (χ2v) is 13.3. The summed E-state index contributed by atoms with van der Waals surface area (Å²) >= 11 is 0. The summed E-state index contributed by atoms with van der Waals surface area (Å²) in [6.45, 7) is 12.6. The van der Waals surface area contributed by atoms with Crippen molar-refractivity contribution in [2.75, 3.05) is 6.61 Å². The van der Waals surface area contributed by atoms with E-state index in [4.69, 9.17) is 9.16 Å². The van der Waals surface area contributed by atoms with Crippen LogP contribution in [0.3, 0.4) is 0 Å². The lowest BCUT2D eigenvalue weighted by Crippen LogP contribution is -2.41. The van der Waals surface area contributed by atoms with Gasteiger partial charge < -0.3 is 14.5 Å². The van der Waals surface area contributed by atoms with Gasteiger partial charge in [0.25, 0.3) is 0 Å². The van der Waals surface area contributed by atoms with Gasteiger partial charge in [0.15, 0.2) is 8.32 Å². The van der Waals surface area contributed by atoms with Crippen molar-refractivity contribution in [3.63, 3.8) is 0 Å². The van der Waals surface area contributed by atoms with Crippen molar-refractivity contribution in [2.45, 2.75) is 76.9 Å². The van der Waals surface area contributed by atoms with E-state index < -0.39 is 8.32 Å². The summed E-state index contributed by atoms with van der Waals surface area (Å²) in [5, 5.41) is 3.30. The van der Waals surface area contributed by atoms with Gasteiger partial charge in [0.2, 0.25) is 5.91 Å². The van der Waals surface area contributed by atoms with Crippen LogP contribution in [0.4, 0.5) is 0 Å². The first-order valence-electron chi connectivity index (χ1n) is 9.29. The molecule has 2 rings (SSSR count). The van der Waals surface area contributed by atoms with Crippen molar-refractivity contribution >= 4 is 14.2 Å². The average molecular weight is 364 g/mol. The van der Waals surface area contributed by atoms with E-state index in [-0.39, 0.29) is 23.1 Å². The molecular weight excluding hydrogens is 330 g/mol. The Kier molecular flexibility index (Phi) is 6.83. The van der Waals surface area contributed by atoms with E-state index in [0.29, 0.717) is 6.61 Å². The minimum Gasteiger partial charge on any atom is -0.417 e. The van der Waals surface area contributed by atoms with Crippen molar-refractivity contribution < 1.29 is 14.0 Å². The van der Waals surface area contributed by atoms with Crippen LogP contribution in [0.1, 0.15) is 45.6 Å². The zero-order valence-corrected chi connectivity index (χ0v) is 17.3. The molecule has 2 unspecified atom stereocenters. The Morgan fingerprint density at radius 3 is 2.52 bits per heavy atom. The van der Waals surface area contributed by atoms with E-state index in [2.05, 4.69) is 39.2 Å². The lowest BCUT2D eigenvalue weighted by Gasteiger charge is -2.36. The molecule has 1 heterocycles. The summed E-state index contributed by atoms with van der Waals surface area (Å²) in [6.07, 6.45) is 2.35. The van der Waals surface area contributed by atoms with Gasteiger partial charge in [-0.3, -0.25) is 4.79 Å². The topological polar surface area (TPSA) is 47.6 Å². The normalized spacial score (nSPS) is 21.4. The first kappa shape index (κ1) is 20.1. The zero-order valence-electron chi connectivity index (χ0n) is 16.3. The molecule has 1 aliphatic rings. The van der Waals surface area contributed by atoms with Gasteiger partial charge in [-0.1, -0.05) is 51.1 Å². The highest BCUT2D eigenvalue weighted by molar-refractivity contribution is 6.74. The fourth-order valence-electron chi connectivity index (χ4n) is 2.70. The van der Waals surface area contributed by atoms with Gasteiger partial charge in [-0.05, 0) is 36.5 Å². The Labute approximate surface area is 153 Å². The van der Waals surface area contributed by atoms with Gasteiger partial charge in [0, 0.05) is 19.1 Å². The minimum atomic E-state index is -1.67. The van der Waals surface area contributed by atoms with E-state index in [1.807, 2.05) is 30.3 Å². The van der Waals surface area contributed by atoms with Crippen LogP contribution in [-0.2, 0) is 20.6 Å². The predicted octanol–water partition coefficient (Wildman–Crippen LogP) is 4.26. The lowest BCUT2D eigenvalue weighted by molar-refractivity contribution is -0.129. The molecule has 1 N–H and O–H groups in total. The van der Waals surface area contributed by atoms with Crippen LogP contribution in [0.2, 0.25) is 18.1 Å². The minimum absolute atomic E-state index is 0.0197. The molecule has 0 aliphatic carbocycles. The first-order chi connectivity index (χ1) is 11.7. The Balaban J connectivity index is 1.68. The monoisotopic (exact) mass is 363 g/mol. The largest absolute Gasteiger partial charge is 0.417 e. The third kappa shape index (κ3) is 5.94. The average Bonchev–Trinajstić information content (AvgIpc) is 2.89. The maximum atomic E-state index is 12.1. The predicted molar refractivity (Wildman–Crippen MR) is 104 cm³/mol. The number of rotatable bonds is 8. The molecule has 0 bridgehead atoms. The summed E-state index contributed by atoms with van der Waals surface area (Å²) in [4.78, 5) is 12.1. The zero-order chi connectivity index (χ0) is 18.5. The number of nitrogens with one attached hydrogen (secondary N) is 1. The van der Waals surface area contributed by atoms with E-state index >= 15 is 0 Å². The fraction of sp³-hybridized carbons (Fsp3) is 0.650. The summed E-state index contributed by atoms with van der Waals surface area (Å²) in [6, 6.07) is 10.2. The Hall–Kier alpha value is -1.17. The molecule has 0 saturated carbocycles. The van der Waals surface area contributed by atoms with Crippen molar-refractivity contribution in [3.8, 4) is 0 Å². The molecule has 1 saturated heterocycles. The summed E-state index contributed by atoms with van der Waals surface area (Å²) in [5.74, 6) is 0.0197. The Bertz CT molecular complexity index is 554. The molecule has 25 heavy (non-hydrogen) atoms. The number of ether oxygens (including phenoxy) is 1. The number of carbonyl (C=O) groups excluding carboxylic acids is 1. The van der Waals surface area contributed by atoms with Gasteiger partial charge in [-0.25, -0.2) is 0 Å². The Morgan fingerprint density at radius 2 is 1.88 bits per heavy atom. The molecule has 1 amide bonds. The second kappa shape index (κ2) is 8.47. The summed E-state index contributed by atoms with van der Waals surface area (Å²) in [5.41, 5.74) is 1.10. The molecule has 1 fully saturated rings. The lowest BCUT2D eigenvalue weighted by atomic mass is 10.1. The highest BCUT2D eigenvalue weighted by Gasteiger charge is 2.37. The molecule has 2 atom stereocenters. The number of carbonyl (C=O) groups is 1. The number of benzene rings is 1. The quantitative estimate of drug-likeness (QED) is 0.554. The van der Waals surface area contributed by atoms with Crippen LogP contribution < -0.4 is 5.32 Å². The molecule has 1 aromatic carbocycles. The van der Waals surface area contributed by atoms with Gasteiger partial charge in [0.1, 0.15) is 6.10 Å². The molecule has 1 aromatic rings. The molecule has 0 spiro atoms. The molecular formula is C20H33NO3Si. The number of hydrogen-bond donors (Lipinski definition) is 1. The highest BCUT2D eigenvalue weighted by atomic mass is 28.4. The van der Waals surface area contributed by atoms with Crippen LogP contribution in [0.25, 0.3) is 0 Å². The SMILES string of the molecule is CC(C)(C)[Si](C)(C)OCCCC1CC(OCc2ccccc2)C(=O)N1. The Morgan fingerprint density at radius 1 is 1.20 bits per heavy atom. The van der Waals surface area contributed by atoms with E-state index in [0.717, 1.165) is 31.4 Å². The van der Waals surface area contributed by atoms with Crippen molar-refractivity contribution in [1.29, 1.82) is 0 Å². The van der Waals surface area contributed by atoms with Gasteiger partial charge in [-0.2, -0.15) is 0 Å². The van der Waals surface area contributed by atoms with E-state index in [1.54, 1.807) is 0 Å². The van der Waals surface area contributed by atoms with Crippen molar-refractivity contribution in [1.82, 2.24) is 5.32 Å².